The largest absolute Gasteiger partial charge is 0.371 e. The number of rotatable bonds is 7. The Bertz CT molecular complexity index is 558. The van der Waals surface area contributed by atoms with Crippen LogP contribution in [0.3, 0.4) is 0 Å². The zero-order valence-electron chi connectivity index (χ0n) is 12.8. The van der Waals surface area contributed by atoms with E-state index < -0.39 is 9.85 Å². The van der Waals surface area contributed by atoms with Crippen molar-refractivity contribution < 1.29 is 9.85 Å². The van der Waals surface area contributed by atoms with Crippen molar-refractivity contribution in [3.05, 3.63) is 37.4 Å². The highest BCUT2D eigenvalue weighted by atomic mass is 16.6. The van der Waals surface area contributed by atoms with E-state index in [1.54, 1.807) is 13.8 Å². The van der Waals surface area contributed by atoms with Gasteiger partial charge in [-0.3, -0.25) is 20.2 Å². The molecule has 0 spiro atoms. The van der Waals surface area contributed by atoms with Gasteiger partial charge in [0, 0.05) is 17.7 Å². The fourth-order valence-corrected chi connectivity index (χ4v) is 2.33. The van der Waals surface area contributed by atoms with Crippen LogP contribution in [0.4, 0.5) is 17.1 Å². The molecule has 0 bridgehead atoms. The third-order valence-corrected chi connectivity index (χ3v) is 3.65. The van der Waals surface area contributed by atoms with Crippen LogP contribution >= 0.6 is 0 Å². The predicted molar refractivity (Wildman–Crippen MR) is 81.8 cm³/mol. The van der Waals surface area contributed by atoms with Gasteiger partial charge in [0.2, 0.25) is 0 Å². The Morgan fingerprint density at radius 1 is 1.19 bits per heavy atom. The van der Waals surface area contributed by atoms with Crippen molar-refractivity contribution in [1.82, 2.24) is 0 Å². The minimum absolute atomic E-state index is 0.0190. The lowest BCUT2D eigenvalue weighted by molar-refractivity contribution is -0.392. The molecule has 1 aromatic rings. The first-order valence-electron chi connectivity index (χ1n) is 7.02. The maximum absolute atomic E-state index is 11.3. The predicted octanol–water partition coefficient (Wildman–Crippen LogP) is 4.11. The number of aryl methyl sites for hydroxylation is 1. The topological polar surface area (TPSA) is 98.3 Å². The van der Waals surface area contributed by atoms with Gasteiger partial charge in [-0.2, -0.15) is 0 Å². The van der Waals surface area contributed by atoms with Gasteiger partial charge in [0.15, 0.2) is 5.69 Å². The Morgan fingerprint density at radius 2 is 1.81 bits per heavy atom. The maximum Gasteiger partial charge on any atom is 0.302 e. The molecule has 0 heterocycles. The second kappa shape index (κ2) is 7.01. The molecule has 0 saturated carbocycles. The molecule has 21 heavy (non-hydrogen) atoms. The quantitative estimate of drug-likeness (QED) is 0.602. The van der Waals surface area contributed by atoms with Crippen LogP contribution in [0.15, 0.2) is 6.07 Å². The molecular weight excluding hydrogens is 274 g/mol. The van der Waals surface area contributed by atoms with Crippen molar-refractivity contribution >= 4 is 17.1 Å². The summed E-state index contributed by atoms with van der Waals surface area (Å²) >= 11 is 0. The van der Waals surface area contributed by atoms with Crippen LogP contribution in [0.1, 0.15) is 44.2 Å². The lowest BCUT2D eigenvalue weighted by Crippen LogP contribution is -2.20. The van der Waals surface area contributed by atoms with Crippen molar-refractivity contribution in [2.75, 3.05) is 5.32 Å². The van der Waals surface area contributed by atoms with Gasteiger partial charge in [-0.25, -0.2) is 0 Å². The zero-order chi connectivity index (χ0) is 16.2. The molecular formula is C14H21N3O4. The van der Waals surface area contributed by atoms with Gasteiger partial charge in [0.25, 0.3) is 5.69 Å². The first-order valence-corrected chi connectivity index (χ1v) is 7.02. The average Bonchev–Trinajstić information content (AvgIpc) is 2.41. The number of nitro benzene ring substituents is 2. The highest BCUT2D eigenvalue weighted by molar-refractivity contribution is 5.78. The summed E-state index contributed by atoms with van der Waals surface area (Å²) < 4.78 is 0. The van der Waals surface area contributed by atoms with E-state index in [2.05, 4.69) is 5.32 Å². The molecule has 7 heteroatoms. The molecule has 0 aliphatic carbocycles. The fourth-order valence-electron chi connectivity index (χ4n) is 2.33. The lowest BCUT2D eigenvalue weighted by atomic mass is 10.0. The second-order valence-corrected chi connectivity index (χ2v) is 5.11. The molecule has 7 nitrogen and oxygen atoms in total. The van der Waals surface area contributed by atoms with Crippen molar-refractivity contribution in [2.45, 2.75) is 53.0 Å². The van der Waals surface area contributed by atoms with Crippen LogP contribution in [-0.2, 0) is 0 Å². The number of anilines is 1. The van der Waals surface area contributed by atoms with Crippen LogP contribution in [0, 0.1) is 34.1 Å². The van der Waals surface area contributed by atoms with E-state index in [1.807, 2.05) is 13.8 Å². The average molecular weight is 295 g/mol. The molecule has 1 N–H and O–H groups in total. The third-order valence-electron chi connectivity index (χ3n) is 3.65. The van der Waals surface area contributed by atoms with Gasteiger partial charge in [-0.05, 0) is 32.3 Å². The van der Waals surface area contributed by atoms with E-state index in [-0.39, 0.29) is 23.1 Å². The van der Waals surface area contributed by atoms with Crippen LogP contribution in [0.2, 0.25) is 0 Å². The second-order valence-electron chi connectivity index (χ2n) is 5.11. The van der Waals surface area contributed by atoms with Gasteiger partial charge < -0.3 is 5.32 Å². The molecule has 1 unspecified atom stereocenters. The zero-order valence-corrected chi connectivity index (χ0v) is 12.8. The molecule has 1 rings (SSSR count). The van der Waals surface area contributed by atoms with Crippen molar-refractivity contribution in [3.63, 3.8) is 0 Å². The fraction of sp³-hybridized carbons (Fsp3) is 0.571. The summed E-state index contributed by atoms with van der Waals surface area (Å²) in [5.41, 5.74) is 0.589. The minimum atomic E-state index is -0.569. The highest BCUT2D eigenvalue weighted by Crippen LogP contribution is 2.39. The summed E-state index contributed by atoms with van der Waals surface area (Å²) in [6, 6.07) is 1.37. The first kappa shape index (κ1) is 16.9. The molecule has 0 amide bonds. The van der Waals surface area contributed by atoms with Crippen LogP contribution in [0.5, 0.6) is 0 Å². The summed E-state index contributed by atoms with van der Waals surface area (Å²) in [7, 11) is 0. The molecule has 1 aromatic carbocycles. The van der Waals surface area contributed by atoms with Gasteiger partial charge >= 0.3 is 5.69 Å². The maximum atomic E-state index is 11.3. The summed E-state index contributed by atoms with van der Waals surface area (Å²) in [4.78, 5) is 21.5. The van der Waals surface area contributed by atoms with Crippen LogP contribution in [-0.4, -0.2) is 15.9 Å². The number of hydrogen-bond donors (Lipinski definition) is 1. The number of nitrogens with one attached hydrogen (secondary N) is 1. The van der Waals surface area contributed by atoms with Crippen molar-refractivity contribution in [3.8, 4) is 0 Å². The van der Waals surface area contributed by atoms with E-state index in [0.29, 0.717) is 11.1 Å². The van der Waals surface area contributed by atoms with Gasteiger partial charge in [0.05, 0.1) is 9.85 Å². The Hall–Kier alpha value is -2.18. The van der Waals surface area contributed by atoms with E-state index in [4.69, 9.17) is 0 Å². The molecule has 0 saturated heterocycles. The summed E-state index contributed by atoms with van der Waals surface area (Å²) in [6.45, 7) is 7.21. The van der Waals surface area contributed by atoms with Crippen LogP contribution < -0.4 is 5.32 Å². The minimum Gasteiger partial charge on any atom is -0.371 e. The Morgan fingerprint density at radius 3 is 2.24 bits per heavy atom. The monoisotopic (exact) mass is 295 g/mol. The number of hydrogen-bond acceptors (Lipinski definition) is 5. The standard InChI is InChI=1S/C14H21N3O4/c1-5-7-11(6-2)15-13-12(16(18)19)8-9(3)10(4)14(13)17(20)21/h8,11,15H,5-7H2,1-4H3. The number of nitrogens with zero attached hydrogens (tertiary/aromatic N) is 2. The Kier molecular flexibility index (Phi) is 5.63. The number of nitro groups is 2. The van der Waals surface area contributed by atoms with E-state index >= 15 is 0 Å². The SMILES string of the molecule is CCCC(CC)Nc1c([N+](=O)[O-])cc(C)c(C)c1[N+](=O)[O-]. The lowest BCUT2D eigenvalue weighted by Gasteiger charge is -2.18. The van der Waals surface area contributed by atoms with Gasteiger partial charge in [-0.1, -0.05) is 20.3 Å². The summed E-state index contributed by atoms with van der Waals surface area (Å²) in [5, 5.41) is 25.6. The Balaban J connectivity index is 3.47. The van der Waals surface area contributed by atoms with E-state index in [9.17, 15) is 20.2 Å². The molecule has 0 radical (unpaired) electrons. The third kappa shape index (κ3) is 3.68. The van der Waals surface area contributed by atoms with Crippen molar-refractivity contribution in [2.24, 2.45) is 0 Å². The Labute approximate surface area is 123 Å². The van der Waals surface area contributed by atoms with E-state index in [1.165, 1.54) is 6.07 Å². The molecule has 1 atom stereocenters. The molecule has 0 fully saturated rings. The smallest absolute Gasteiger partial charge is 0.302 e. The summed E-state index contributed by atoms with van der Waals surface area (Å²) in [6.07, 6.45) is 2.45. The number of benzene rings is 1. The highest BCUT2D eigenvalue weighted by Gasteiger charge is 2.30. The molecule has 116 valence electrons. The van der Waals surface area contributed by atoms with Crippen LogP contribution in [0.25, 0.3) is 0 Å². The van der Waals surface area contributed by atoms with Gasteiger partial charge in [-0.15, -0.1) is 0 Å². The molecule has 0 aliphatic heterocycles. The molecule has 0 aliphatic rings. The molecule has 0 aromatic heterocycles. The van der Waals surface area contributed by atoms with E-state index in [0.717, 1.165) is 19.3 Å². The van der Waals surface area contributed by atoms with Crippen molar-refractivity contribution in [1.29, 1.82) is 0 Å². The summed E-state index contributed by atoms with van der Waals surface area (Å²) in [5.74, 6) is 0. The first-order chi connectivity index (χ1) is 9.83. The van der Waals surface area contributed by atoms with Gasteiger partial charge in [0.1, 0.15) is 0 Å². The normalized spacial score (nSPS) is 12.0.